The van der Waals surface area contributed by atoms with Crippen LogP contribution in [0.1, 0.15) is 11.1 Å². The van der Waals surface area contributed by atoms with Crippen LogP contribution in [-0.4, -0.2) is 35.2 Å². The third-order valence-corrected chi connectivity index (χ3v) is 5.32. The summed E-state index contributed by atoms with van der Waals surface area (Å²) in [5.74, 6) is 3.21. The number of fused-ring (bicyclic) bond motifs is 3. The number of aromatic amines is 2. The zero-order valence-electron chi connectivity index (χ0n) is 13.4. The highest BCUT2D eigenvalue weighted by Crippen LogP contribution is 2.38. The second kappa shape index (κ2) is 5.90. The van der Waals surface area contributed by atoms with E-state index in [1.165, 1.54) is 0 Å². The highest BCUT2D eigenvalue weighted by atomic mass is 32.2. The molecule has 3 aromatic rings. The van der Waals surface area contributed by atoms with E-state index in [-0.39, 0.29) is 5.56 Å². The maximum absolute atomic E-state index is 12.1. The standard InChI is InChI=1S/C17H17N3O3S/c1-22-12-4-3-9(7-13(12)23-2)15-11-8-24-6-5-10(11)14-16(18-15)19-20-17(14)21/h3-4,7H,5-6,8H2,1-2H3,(H2,18,19,20,21). The van der Waals surface area contributed by atoms with Gasteiger partial charge in [-0.2, -0.15) is 11.8 Å². The molecule has 2 aromatic heterocycles. The van der Waals surface area contributed by atoms with E-state index < -0.39 is 0 Å². The number of hydrogen-bond acceptors (Lipinski definition) is 5. The van der Waals surface area contributed by atoms with Crippen LogP contribution in [-0.2, 0) is 12.2 Å². The summed E-state index contributed by atoms with van der Waals surface area (Å²) in [5.41, 5.74) is 4.59. The number of benzene rings is 1. The third-order valence-electron chi connectivity index (χ3n) is 4.33. The molecule has 1 aromatic carbocycles. The second-order valence-corrected chi connectivity index (χ2v) is 6.70. The Morgan fingerprint density at radius 2 is 1.96 bits per heavy atom. The van der Waals surface area contributed by atoms with E-state index in [0.29, 0.717) is 22.5 Å². The number of hydrogen-bond donors (Lipinski definition) is 2. The van der Waals surface area contributed by atoms with Gasteiger partial charge in [-0.1, -0.05) is 0 Å². The third kappa shape index (κ3) is 2.27. The van der Waals surface area contributed by atoms with Crippen molar-refractivity contribution in [3.05, 3.63) is 39.7 Å². The lowest BCUT2D eigenvalue weighted by Crippen LogP contribution is -2.11. The minimum absolute atomic E-state index is 0.0977. The number of ether oxygens (including phenoxy) is 2. The van der Waals surface area contributed by atoms with Crippen molar-refractivity contribution in [2.45, 2.75) is 12.2 Å². The van der Waals surface area contributed by atoms with Gasteiger partial charge in [-0.05, 0) is 41.5 Å². The first-order valence-corrected chi connectivity index (χ1v) is 8.80. The first kappa shape index (κ1) is 15.1. The van der Waals surface area contributed by atoms with Crippen molar-refractivity contribution in [3.63, 3.8) is 0 Å². The van der Waals surface area contributed by atoms with Gasteiger partial charge in [0.15, 0.2) is 17.1 Å². The van der Waals surface area contributed by atoms with Gasteiger partial charge in [-0.15, -0.1) is 0 Å². The summed E-state index contributed by atoms with van der Waals surface area (Å²) in [5, 5.41) is 6.23. The molecule has 3 heterocycles. The summed E-state index contributed by atoms with van der Waals surface area (Å²) < 4.78 is 10.7. The molecular formula is C17H17N3O3S. The van der Waals surface area contributed by atoms with Gasteiger partial charge in [0.1, 0.15) is 0 Å². The minimum atomic E-state index is -0.0977. The van der Waals surface area contributed by atoms with Gasteiger partial charge in [0.25, 0.3) is 5.56 Å². The molecule has 2 N–H and O–H groups in total. The molecular weight excluding hydrogens is 326 g/mol. The van der Waals surface area contributed by atoms with Gasteiger partial charge >= 0.3 is 0 Å². The Kier molecular flexibility index (Phi) is 3.72. The molecule has 4 rings (SSSR count). The lowest BCUT2D eigenvalue weighted by Gasteiger charge is -2.19. The highest BCUT2D eigenvalue weighted by molar-refractivity contribution is 7.98. The molecule has 0 bridgehead atoms. The molecule has 0 spiro atoms. The molecule has 0 saturated carbocycles. The van der Waals surface area contributed by atoms with Crippen LogP contribution < -0.4 is 15.0 Å². The molecule has 7 heteroatoms. The van der Waals surface area contributed by atoms with Gasteiger partial charge in [0, 0.05) is 11.3 Å². The van der Waals surface area contributed by atoms with Gasteiger partial charge in [0.05, 0.1) is 25.3 Å². The van der Waals surface area contributed by atoms with Crippen molar-refractivity contribution >= 4 is 22.8 Å². The number of nitrogens with zero attached hydrogens (tertiary/aromatic N) is 1. The zero-order valence-corrected chi connectivity index (χ0v) is 14.3. The molecule has 0 atom stereocenters. The number of rotatable bonds is 3. The molecule has 0 aliphatic carbocycles. The van der Waals surface area contributed by atoms with Crippen LogP contribution in [0.5, 0.6) is 11.5 Å². The Hall–Kier alpha value is -2.41. The lowest BCUT2D eigenvalue weighted by molar-refractivity contribution is 0.355. The predicted octanol–water partition coefficient (Wildman–Crippen LogP) is 2.72. The predicted molar refractivity (Wildman–Crippen MR) is 95.1 cm³/mol. The first-order valence-electron chi connectivity index (χ1n) is 7.65. The van der Waals surface area contributed by atoms with Crippen LogP contribution >= 0.6 is 11.8 Å². The SMILES string of the molecule is COc1ccc(-c2nc3[nH][nH]c(=O)c3c3c2CSCC3)cc1OC. The van der Waals surface area contributed by atoms with Crippen molar-refractivity contribution in [3.8, 4) is 22.8 Å². The largest absolute Gasteiger partial charge is 0.493 e. The smallest absolute Gasteiger partial charge is 0.273 e. The molecule has 24 heavy (non-hydrogen) atoms. The molecule has 1 aliphatic rings. The molecule has 1 aliphatic heterocycles. The van der Waals surface area contributed by atoms with Crippen LogP contribution in [0.2, 0.25) is 0 Å². The molecule has 124 valence electrons. The summed E-state index contributed by atoms with van der Waals surface area (Å²) in [6, 6.07) is 5.78. The Morgan fingerprint density at radius 1 is 1.12 bits per heavy atom. The Balaban J connectivity index is 1.99. The molecule has 0 radical (unpaired) electrons. The summed E-state index contributed by atoms with van der Waals surface area (Å²) in [6.07, 6.45) is 0.875. The average Bonchev–Trinajstić information content (AvgIpc) is 3.01. The van der Waals surface area contributed by atoms with E-state index in [1.54, 1.807) is 14.2 Å². The maximum Gasteiger partial charge on any atom is 0.273 e. The van der Waals surface area contributed by atoms with E-state index in [1.807, 2.05) is 30.0 Å². The van der Waals surface area contributed by atoms with Crippen LogP contribution in [0.25, 0.3) is 22.3 Å². The number of methoxy groups -OCH3 is 2. The summed E-state index contributed by atoms with van der Waals surface area (Å²) in [6.45, 7) is 0. The number of aromatic nitrogens is 3. The molecule has 0 saturated heterocycles. The topological polar surface area (TPSA) is 80.0 Å². The number of H-pyrrole nitrogens is 2. The molecule has 0 unspecified atom stereocenters. The van der Waals surface area contributed by atoms with Gasteiger partial charge in [0.2, 0.25) is 0 Å². The quantitative estimate of drug-likeness (QED) is 0.764. The highest BCUT2D eigenvalue weighted by Gasteiger charge is 2.22. The molecule has 0 amide bonds. The van der Waals surface area contributed by atoms with E-state index in [2.05, 4.69) is 10.2 Å². The van der Waals surface area contributed by atoms with Crippen LogP contribution in [0, 0.1) is 0 Å². The molecule has 0 fully saturated rings. The normalized spacial score (nSPS) is 13.8. The van der Waals surface area contributed by atoms with Crippen molar-refractivity contribution < 1.29 is 9.47 Å². The van der Waals surface area contributed by atoms with Crippen molar-refractivity contribution in [2.75, 3.05) is 20.0 Å². The fourth-order valence-electron chi connectivity index (χ4n) is 3.19. The molecule has 6 nitrogen and oxygen atoms in total. The number of nitrogens with one attached hydrogen (secondary N) is 2. The van der Waals surface area contributed by atoms with E-state index in [9.17, 15) is 4.79 Å². The van der Waals surface area contributed by atoms with Gasteiger partial charge in [-0.3, -0.25) is 15.0 Å². The summed E-state index contributed by atoms with van der Waals surface area (Å²) >= 11 is 1.86. The number of aryl methyl sites for hydroxylation is 1. The average molecular weight is 343 g/mol. The van der Waals surface area contributed by atoms with Crippen LogP contribution in [0.3, 0.4) is 0 Å². The van der Waals surface area contributed by atoms with E-state index in [4.69, 9.17) is 14.5 Å². The van der Waals surface area contributed by atoms with Crippen LogP contribution in [0.4, 0.5) is 0 Å². The van der Waals surface area contributed by atoms with Gasteiger partial charge in [-0.25, -0.2) is 4.98 Å². The maximum atomic E-state index is 12.1. The minimum Gasteiger partial charge on any atom is -0.493 e. The monoisotopic (exact) mass is 343 g/mol. The fraction of sp³-hybridized carbons (Fsp3) is 0.294. The zero-order chi connectivity index (χ0) is 16.7. The summed E-state index contributed by atoms with van der Waals surface area (Å²) in [4.78, 5) is 16.8. The first-order chi connectivity index (χ1) is 11.7. The van der Waals surface area contributed by atoms with Crippen molar-refractivity contribution in [1.82, 2.24) is 15.2 Å². The lowest BCUT2D eigenvalue weighted by atomic mass is 9.97. The van der Waals surface area contributed by atoms with E-state index >= 15 is 0 Å². The van der Waals surface area contributed by atoms with E-state index in [0.717, 1.165) is 40.3 Å². The van der Waals surface area contributed by atoms with Crippen LogP contribution in [0.15, 0.2) is 23.0 Å². The number of pyridine rings is 1. The Labute approximate surface area is 142 Å². The number of thioether (sulfide) groups is 1. The van der Waals surface area contributed by atoms with Crippen molar-refractivity contribution in [1.29, 1.82) is 0 Å². The second-order valence-electron chi connectivity index (χ2n) is 5.59. The summed E-state index contributed by atoms with van der Waals surface area (Å²) in [7, 11) is 3.23. The Morgan fingerprint density at radius 3 is 2.75 bits per heavy atom. The van der Waals surface area contributed by atoms with Gasteiger partial charge < -0.3 is 9.47 Å². The van der Waals surface area contributed by atoms with Crippen molar-refractivity contribution in [2.24, 2.45) is 0 Å². The Bertz CT molecular complexity index is 977. The fourth-order valence-corrected chi connectivity index (χ4v) is 4.20.